The highest BCUT2D eigenvalue weighted by atomic mass is 16.5. The normalized spacial score (nSPS) is 11.9. The molecule has 0 aliphatic rings. The molecule has 0 unspecified atom stereocenters. The van der Waals surface area contributed by atoms with E-state index in [1.54, 1.807) is 0 Å². The van der Waals surface area contributed by atoms with Crippen LogP contribution in [0.2, 0.25) is 0 Å². The van der Waals surface area contributed by atoms with Gasteiger partial charge in [0.1, 0.15) is 5.75 Å². The van der Waals surface area contributed by atoms with E-state index in [1.807, 2.05) is 45.0 Å². The maximum Gasteiger partial charge on any atom is 0.261 e. The summed E-state index contributed by atoms with van der Waals surface area (Å²) in [6.45, 7) is 6.47. The third-order valence-corrected chi connectivity index (χ3v) is 2.28. The minimum Gasteiger partial charge on any atom is -0.481 e. The Balaban J connectivity index is 2.66. The maximum atomic E-state index is 11.6. The Labute approximate surface area is 96.8 Å². The molecular formula is C13H19NO2. The summed E-state index contributed by atoms with van der Waals surface area (Å²) < 4.78 is 5.65. The lowest BCUT2D eigenvalue weighted by molar-refractivity contribution is -0.128. The smallest absolute Gasteiger partial charge is 0.261 e. The van der Waals surface area contributed by atoms with Crippen LogP contribution in [0.25, 0.3) is 0 Å². The number of hydrogen-bond acceptors (Lipinski definition) is 2. The fourth-order valence-corrected chi connectivity index (χ4v) is 1.46. The van der Waals surface area contributed by atoms with Gasteiger partial charge in [0.2, 0.25) is 0 Å². The van der Waals surface area contributed by atoms with Crippen molar-refractivity contribution in [2.24, 2.45) is 0 Å². The zero-order valence-electron chi connectivity index (χ0n) is 10.1. The average Bonchev–Trinajstić information content (AvgIpc) is 2.26. The fraction of sp³-hybridized carbons (Fsp3) is 0.462. The molecule has 1 amide bonds. The van der Waals surface area contributed by atoms with Gasteiger partial charge >= 0.3 is 0 Å². The second kappa shape index (κ2) is 6.16. The molecule has 16 heavy (non-hydrogen) atoms. The topological polar surface area (TPSA) is 38.3 Å². The lowest BCUT2D eigenvalue weighted by atomic mass is 10.2. The highest BCUT2D eigenvalue weighted by Crippen LogP contribution is 2.15. The third kappa shape index (κ3) is 3.57. The van der Waals surface area contributed by atoms with Crippen molar-refractivity contribution in [3.8, 4) is 5.75 Å². The van der Waals surface area contributed by atoms with Gasteiger partial charge in [-0.1, -0.05) is 19.1 Å². The van der Waals surface area contributed by atoms with E-state index in [4.69, 9.17) is 4.74 Å². The minimum atomic E-state index is -0.401. The van der Waals surface area contributed by atoms with Crippen LogP contribution in [0.15, 0.2) is 24.3 Å². The van der Waals surface area contributed by atoms with E-state index < -0.39 is 6.10 Å². The summed E-state index contributed by atoms with van der Waals surface area (Å²) >= 11 is 0. The summed E-state index contributed by atoms with van der Waals surface area (Å²) in [7, 11) is 0. The predicted octanol–water partition coefficient (Wildman–Crippen LogP) is 2.29. The molecule has 1 rings (SSSR count). The van der Waals surface area contributed by atoms with Crippen molar-refractivity contribution in [2.75, 3.05) is 6.54 Å². The van der Waals surface area contributed by atoms with Gasteiger partial charge in [0.25, 0.3) is 5.91 Å². The molecule has 0 fully saturated rings. The molecule has 1 N–H and O–H groups in total. The number of aryl methyl sites for hydroxylation is 1. The highest BCUT2D eigenvalue weighted by Gasteiger charge is 2.16. The van der Waals surface area contributed by atoms with Gasteiger partial charge in [-0.2, -0.15) is 0 Å². The molecule has 88 valence electrons. The van der Waals surface area contributed by atoms with Crippen molar-refractivity contribution in [1.82, 2.24) is 5.32 Å². The van der Waals surface area contributed by atoms with E-state index >= 15 is 0 Å². The predicted molar refractivity (Wildman–Crippen MR) is 64.6 cm³/mol. The first kappa shape index (κ1) is 12.6. The van der Waals surface area contributed by atoms with Crippen molar-refractivity contribution in [1.29, 1.82) is 0 Å². The van der Waals surface area contributed by atoms with Crippen LogP contribution in [0.5, 0.6) is 5.75 Å². The van der Waals surface area contributed by atoms with Gasteiger partial charge in [-0.05, 0) is 38.0 Å². The standard InChI is InChI=1S/C13H19NO2/c1-4-12(13(15)14-5-2)16-11-8-6-7-10(3)9-11/h6-9,12H,4-5H2,1-3H3,(H,14,15)/t12-/m0/s1. The summed E-state index contributed by atoms with van der Waals surface area (Å²) in [6, 6.07) is 7.73. The first-order valence-corrected chi connectivity index (χ1v) is 5.68. The first-order chi connectivity index (χ1) is 7.67. The fourth-order valence-electron chi connectivity index (χ4n) is 1.46. The van der Waals surface area contributed by atoms with Crippen LogP contribution in [0.3, 0.4) is 0 Å². The molecule has 0 saturated heterocycles. The largest absolute Gasteiger partial charge is 0.481 e. The molecule has 0 bridgehead atoms. The van der Waals surface area contributed by atoms with Gasteiger partial charge in [-0.25, -0.2) is 0 Å². The molecular weight excluding hydrogens is 202 g/mol. The number of nitrogens with one attached hydrogen (secondary N) is 1. The van der Waals surface area contributed by atoms with Crippen LogP contribution in [-0.4, -0.2) is 18.6 Å². The Morgan fingerprint density at radius 2 is 2.19 bits per heavy atom. The van der Waals surface area contributed by atoms with Crippen molar-refractivity contribution in [3.63, 3.8) is 0 Å². The van der Waals surface area contributed by atoms with Gasteiger partial charge in [0.15, 0.2) is 6.10 Å². The summed E-state index contributed by atoms with van der Waals surface area (Å²) in [6.07, 6.45) is 0.265. The van der Waals surface area contributed by atoms with E-state index in [0.29, 0.717) is 13.0 Å². The maximum absolute atomic E-state index is 11.6. The number of carbonyl (C=O) groups is 1. The summed E-state index contributed by atoms with van der Waals surface area (Å²) in [4.78, 5) is 11.6. The monoisotopic (exact) mass is 221 g/mol. The Bertz CT molecular complexity index is 350. The molecule has 1 atom stereocenters. The van der Waals surface area contributed by atoms with E-state index in [2.05, 4.69) is 5.32 Å². The second-order valence-corrected chi connectivity index (χ2v) is 3.73. The Morgan fingerprint density at radius 3 is 2.75 bits per heavy atom. The molecule has 0 aliphatic carbocycles. The number of amides is 1. The molecule has 1 aromatic carbocycles. The van der Waals surface area contributed by atoms with Crippen LogP contribution in [0.4, 0.5) is 0 Å². The van der Waals surface area contributed by atoms with Crippen LogP contribution in [-0.2, 0) is 4.79 Å². The molecule has 3 nitrogen and oxygen atoms in total. The summed E-state index contributed by atoms with van der Waals surface area (Å²) in [5, 5.41) is 2.77. The van der Waals surface area contributed by atoms with Crippen LogP contribution >= 0.6 is 0 Å². The van der Waals surface area contributed by atoms with Gasteiger partial charge in [-0.3, -0.25) is 4.79 Å². The number of ether oxygens (including phenoxy) is 1. The molecule has 0 aliphatic heterocycles. The third-order valence-electron chi connectivity index (χ3n) is 2.28. The lowest BCUT2D eigenvalue weighted by Gasteiger charge is -2.16. The Kier molecular flexibility index (Phi) is 4.83. The molecule has 0 spiro atoms. The first-order valence-electron chi connectivity index (χ1n) is 5.68. The van der Waals surface area contributed by atoms with Crippen LogP contribution in [0, 0.1) is 6.92 Å². The second-order valence-electron chi connectivity index (χ2n) is 3.73. The van der Waals surface area contributed by atoms with Gasteiger partial charge in [-0.15, -0.1) is 0 Å². The highest BCUT2D eigenvalue weighted by molar-refractivity contribution is 5.80. The zero-order valence-corrected chi connectivity index (χ0v) is 10.1. The van der Waals surface area contributed by atoms with Gasteiger partial charge < -0.3 is 10.1 Å². The zero-order chi connectivity index (χ0) is 12.0. The van der Waals surface area contributed by atoms with E-state index in [1.165, 1.54) is 0 Å². The van der Waals surface area contributed by atoms with E-state index in [0.717, 1.165) is 11.3 Å². The lowest BCUT2D eigenvalue weighted by Crippen LogP contribution is -2.37. The number of hydrogen-bond donors (Lipinski definition) is 1. The van der Waals surface area contributed by atoms with Crippen molar-refractivity contribution < 1.29 is 9.53 Å². The minimum absolute atomic E-state index is 0.0495. The average molecular weight is 221 g/mol. The molecule has 3 heteroatoms. The molecule has 0 aromatic heterocycles. The van der Waals surface area contributed by atoms with Crippen molar-refractivity contribution in [3.05, 3.63) is 29.8 Å². The van der Waals surface area contributed by atoms with E-state index in [-0.39, 0.29) is 5.91 Å². The Morgan fingerprint density at radius 1 is 1.44 bits per heavy atom. The number of carbonyl (C=O) groups excluding carboxylic acids is 1. The van der Waals surface area contributed by atoms with Crippen LogP contribution < -0.4 is 10.1 Å². The molecule has 0 radical (unpaired) electrons. The quantitative estimate of drug-likeness (QED) is 0.828. The Hall–Kier alpha value is -1.51. The molecule has 0 saturated carbocycles. The van der Waals surface area contributed by atoms with Gasteiger partial charge in [0.05, 0.1) is 0 Å². The van der Waals surface area contributed by atoms with E-state index in [9.17, 15) is 4.79 Å². The van der Waals surface area contributed by atoms with Crippen molar-refractivity contribution >= 4 is 5.91 Å². The van der Waals surface area contributed by atoms with Gasteiger partial charge in [0, 0.05) is 6.54 Å². The van der Waals surface area contributed by atoms with Crippen LogP contribution in [0.1, 0.15) is 25.8 Å². The number of rotatable bonds is 5. The molecule has 1 aromatic rings. The molecule has 0 heterocycles. The number of benzene rings is 1. The number of likely N-dealkylation sites (N-methyl/N-ethyl adjacent to an activating group) is 1. The SMILES string of the molecule is CCNC(=O)[C@H](CC)Oc1cccc(C)c1. The van der Waals surface area contributed by atoms with Crippen molar-refractivity contribution in [2.45, 2.75) is 33.3 Å². The summed E-state index contributed by atoms with van der Waals surface area (Å²) in [5.41, 5.74) is 1.13. The summed E-state index contributed by atoms with van der Waals surface area (Å²) in [5.74, 6) is 0.699.